The summed E-state index contributed by atoms with van der Waals surface area (Å²) in [6.45, 7) is 3.26. The molecule has 0 aliphatic carbocycles. The SMILES string of the molecule is CC(=O)N1CC[C@]2(c3ccccc3)CCN(S(C)(=O)=O)[C@H]2C1. The van der Waals surface area contributed by atoms with Gasteiger partial charge in [-0.05, 0) is 18.4 Å². The molecule has 2 heterocycles. The van der Waals surface area contributed by atoms with Crippen LogP contribution in [-0.2, 0) is 20.2 Å². The zero-order chi connectivity index (χ0) is 16.0. The minimum absolute atomic E-state index is 0.0158. The number of likely N-dealkylation sites (tertiary alicyclic amines) is 1. The van der Waals surface area contributed by atoms with Gasteiger partial charge in [0.05, 0.1) is 12.3 Å². The molecule has 3 rings (SSSR count). The van der Waals surface area contributed by atoms with E-state index in [-0.39, 0.29) is 17.4 Å². The van der Waals surface area contributed by atoms with Crippen LogP contribution in [-0.4, -0.2) is 55.5 Å². The van der Waals surface area contributed by atoms with Gasteiger partial charge in [-0.15, -0.1) is 0 Å². The molecule has 0 bridgehead atoms. The van der Waals surface area contributed by atoms with Crippen LogP contribution >= 0.6 is 0 Å². The van der Waals surface area contributed by atoms with Crippen LogP contribution in [0.1, 0.15) is 25.3 Å². The summed E-state index contributed by atoms with van der Waals surface area (Å²) in [4.78, 5) is 13.5. The van der Waals surface area contributed by atoms with E-state index >= 15 is 0 Å². The van der Waals surface area contributed by atoms with Crippen molar-refractivity contribution in [3.8, 4) is 0 Å². The number of nitrogens with zero attached hydrogens (tertiary/aromatic N) is 2. The first-order valence-electron chi connectivity index (χ1n) is 7.62. The number of sulfonamides is 1. The number of benzene rings is 1. The third-order valence-corrected chi connectivity index (χ3v) is 6.49. The maximum Gasteiger partial charge on any atom is 0.219 e. The smallest absolute Gasteiger partial charge is 0.219 e. The van der Waals surface area contributed by atoms with Crippen LogP contribution in [0.25, 0.3) is 0 Å². The van der Waals surface area contributed by atoms with Crippen molar-refractivity contribution in [1.29, 1.82) is 0 Å². The number of hydrogen-bond acceptors (Lipinski definition) is 3. The summed E-state index contributed by atoms with van der Waals surface area (Å²) in [7, 11) is -3.27. The van der Waals surface area contributed by atoms with Crippen LogP contribution in [0.3, 0.4) is 0 Å². The maximum atomic E-state index is 12.2. The fraction of sp³-hybridized carbons (Fsp3) is 0.562. The lowest BCUT2D eigenvalue weighted by Crippen LogP contribution is -2.57. The van der Waals surface area contributed by atoms with Crippen LogP contribution in [0.5, 0.6) is 0 Å². The highest BCUT2D eigenvalue weighted by molar-refractivity contribution is 7.88. The van der Waals surface area contributed by atoms with Gasteiger partial charge in [-0.3, -0.25) is 4.79 Å². The van der Waals surface area contributed by atoms with Gasteiger partial charge in [0.15, 0.2) is 0 Å². The van der Waals surface area contributed by atoms with Crippen molar-refractivity contribution in [2.24, 2.45) is 0 Å². The van der Waals surface area contributed by atoms with E-state index < -0.39 is 10.0 Å². The third kappa shape index (κ3) is 2.44. The highest BCUT2D eigenvalue weighted by atomic mass is 32.2. The molecule has 0 aromatic heterocycles. The van der Waals surface area contributed by atoms with Crippen molar-refractivity contribution in [3.05, 3.63) is 35.9 Å². The Kier molecular flexibility index (Phi) is 3.77. The summed E-state index contributed by atoms with van der Waals surface area (Å²) < 4.78 is 25.9. The van der Waals surface area contributed by atoms with Gasteiger partial charge in [0.1, 0.15) is 0 Å². The standard InChI is InChI=1S/C16H22N2O3S/c1-13(19)17-10-8-16(14-6-4-3-5-7-14)9-11-18(15(16)12-17)22(2,20)21/h3-7,15H,8-12H2,1-2H3/t15-,16+/m0/s1. The van der Waals surface area contributed by atoms with Crippen molar-refractivity contribution < 1.29 is 13.2 Å². The van der Waals surface area contributed by atoms with E-state index in [1.54, 1.807) is 16.1 Å². The number of fused-ring (bicyclic) bond motifs is 1. The summed E-state index contributed by atoms with van der Waals surface area (Å²) in [6, 6.07) is 9.99. The van der Waals surface area contributed by atoms with E-state index in [0.29, 0.717) is 19.6 Å². The first kappa shape index (κ1) is 15.5. The molecule has 120 valence electrons. The van der Waals surface area contributed by atoms with Crippen LogP contribution in [0, 0.1) is 0 Å². The highest BCUT2D eigenvalue weighted by Gasteiger charge is 2.53. The van der Waals surface area contributed by atoms with Gasteiger partial charge in [0.25, 0.3) is 0 Å². The Morgan fingerprint density at radius 1 is 1.18 bits per heavy atom. The minimum atomic E-state index is -3.27. The molecule has 2 saturated heterocycles. The predicted octanol–water partition coefficient (Wildman–Crippen LogP) is 1.21. The van der Waals surface area contributed by atoms with E-state index in [2.05, 4.69) is 12.1 Å². The molecular formula is C16H22N2O3S. The lowest BCUT2D eigenvalue weighted by atomic mass is 9.69. The van der Waals surface area contributed by atoms with Gasteiger partial charge in [-0.2, -0.15) is 4.31 Å². The predicted molar refractivity (Wildman–Crippen MR) is 84.9 cm³/mol. The van der Waals surface area contributed by atoms with Gasteiger partial charge in [0, 0.05) is 32.0 Å². The minimum Gasteiger partial charge on any atom is -0.341 e. The summed E-state index contributed by atoms with van der Waals surface area (Å²) in [5.41, 5.74) is 1.02. The molecule has 1 aromatic rings. The van der Waals surface area contributed by atoms with E-state index in [0.717, 1.165) is 12.8 Å². The Bertz CT molecular complexity index is 674. The largest absolute Gasteiger partial charge is 0.341 e. The van der Waals surface area contributed by atoms with Crippen molar-refractivity contribution in [2.75, 3.05) is 25.9 Å². The second-order valence-electron chi connectivity index (χ2n) is 6.38. The lowest BCUT2D eigenvalue weighted by Gasteiger charge is -2.45. The van der Waals surface area contributed by atoms with Crippen LogP contribution in [0.2, 0.25) is 0 Å². The molecule has 2 atom stereocenters. The zero-order valence-corrected chi connectivity index (χ0v) is 13.8. The normalized spacial score (nSPS) is 29.4. The van der Waals surface area contributed by atoms with E-state index in [1.165, 1.54) is 11.8 Å². The van der Waals surface area contributed by atoms with Crippen LogP contribution < -0.4 is 0 Å². The average Bonchev–Trinajstić information content (AvgIpc) is 2.87. The van der Waals surface area contributed by atoms with Crippen LogP contribution in [0.4, 0.5) is 0 Å². The molecule has 0 spiro atoms. The Labute approximate surface area is 132 Å². The Morgan fingerprint density at radius 2 is 1.82 bits per heavy atom. The van der Waals surface area contributed by atoms with Gasteiger partial charge < -0.3 is 4.90 Å². The molecule has 2 aliphatic heterocycles. The Morgan fingerprint density at radius 3 is 2.41 bits per heavy atom. The third-order valence-electron chi connectivity index (χ3n) is 5.20. The number of piperidine rings is 1. The second-order valence-corrected chi connectivity index (χ2v) is 8.31. The molecule has 0 unspecified atom stereocenters. The molecule has 2 fully saturated rings. The number of hydrogen-bond donors (Lipinski definition) is 0. The van der Waals surface area contributed by atoms with Crippen molar-refractivity contribution >= 4 is 15.9 Å². The molecule has 5 nitrogen and oxygen atoms in total. The van der Waals surface area contributed by atoms with Gasteiger partial charge in [-0.1, -0.05) is 30.3 Å². The Balaban J connectivity index is 2.04. The molecule has 1 aromatic carbocycles. The maximum absolute atomic E-state index is 12.2. The number of carbonyl (C=O) groups is 1. The first-order valence-corrected chi connectivity index (χ1v) is 9.47. The topological polar surface area (TPSA) is 57.7 Å². The molecule has 0 saturated carbocycles. The molecule has 22 heavy (non-hydrogen) atoms. The van der Waals surface area contributed by atoms with E-state index in [9.17, 15) is 13.2 Å². The van der Waals surface area contributed by atoms with Crippen LogP contribution in [0.15, 0.2) is 30.3 Å². The molecule has 0 N–H and O–H groups in total. The summed E-state index contributed by atoms with van der Waals surface area (Å²) in [6.07, 6.45) is 2.90. The average molecular weight is 322 g/mol. The highest BCUT2D eigenvalue weighted by Crippen LogP contribution is 2.46. The summed E-state index contributed by atoms with van der Waals surface area (Å²) in [5.74, 6) is 0.0158. The van der Waals surface area contributed by atoms with Gasteiger partial charge in [0.2, 0.25) is 15.9 Å². The molecule has 6 heteroatoms. The number of rotatable bonds is 2. The zero-order valence-electron chi connectivity index (χ0n) is 13.0. The number of carbonyl (C=O) groups excluding carboxylic acids is 1. The van der Waals surface area contributed by atoms with Gasteiger partial charge >= 0.3 is 0 Å². The van der Waals surface area contributed by atoms with Crippen molar-refractivity contribution in [3.63, 3.8) is 0 Å². The van der Waals surface area contributed by atoms with E-state index in [4.69, 9.17) is 0 Å². The second kappa shape index (κ2) is 5.35. The van der Waals surface area contributed by atoms with Crippen molar-refractivity contribution in [1.82, 2.24) is 9.21 Å². The monoisotopic (exact) mass is 322 g/mol. The lowest BCUT2D eigenvalue weighted by molar-refractivity contribution is -0.131. The Hall–Kier alpha value is -1.40. The summed E-state index contributed by atoms with van der Waals surface area (Å²) in [5, 5.41) is 0. The number of amides is 1. The molecular weight excluding hydrogens is 300 g/mol. The van der Waals surface area contributed by atoms with E-state index in [1.807, 2.05) is 18.2 Å². The van der Waals surface area contributed by atoms with Crippen molar-refractivity contribution in [2.45, 2.75) is 31.2 Å². The fourth-order valence-electron chi connectivity index (χ4n) is 4.03. The molecule has 1 amide bonds. The summed E-state index contributed by atoms with van der Waals surface area (Å²) >= 11 is 0. The first-order chi connectivity index (χ1) is 10.3. The quantitative estimate of drug-likeness (QED) is 0.822. The molecule has 2 aliphatic rings. The van der Waals surface area contributed by atoms with Gasteiger partial charge in [-0.25, -0.2) is 8.42 Å². The fourth-order valence-corrected chi connectivity index (χ4v) is 5.19. The molecule has 0 radical (unpaired) electrons.